The number of nitrogens with one attached hydrogen (secondary N) is 2. The van der Waals surface area contributed by atoms with Crippen LogP contribution in [0.25, 0.3) is 0 Å². The molecule has 1 fully saturated rings. The van der Waals surface area contributed by atoms with Crippen molar-refractivity contribution in [3.63, 3.8) is 0 Å². The third-order valence-electron chi connectivity index (χ3n) is 6.68. The van der Waals surface area contributed by atoms with Crippen molar-refractivity contribution in [2.75, 3.05) is 42.7 Å². The number of urea groups is 1. The number of amides is 4. The number of para-hydroxylation sites is 2. The smallest absolute Gasteiger partial charge is 0.412 e. The number of benzene rings is 3. The average Bonchev–Trinajstić information content (AvgIpc) is 3.13. The molecule has 1 atom stereocenters. The zero-order valence-electron chi connectivity index (χ0n) is 24.9. The largest absolute Gasteiger partial charge is 0.444 e. The van der Waals surface area contributed by atoms with Crippen LogP contribution in [-0.4, -0.2) is 66.2 Å². The summed E-state index contributed by atoms with van der Waals surface area (Å²) in [4.78, 5) is 44.4. The number of halogens is 1. The Morgan fingerprint density at radius 2 is 1.55 bits per heavy atom. The molecule has 0 spiro atoms. The van der Waals surface area contributed by atoms with E-state index in [1.807, 2.05) is 38.1 Å². The van der Waals surface area contributed by atoms with Crippen molar-refractivity contribution in [1.29, 1.82) is 0 Å². The highest BCUT2D eigenvalue weighted by atomic mass is 19.1. The number of hydrogen-bond donors (Lipinski definition) is 2. The van der Waals surface area contributed by atoms with Crippen molar-refractivity contribution in [1.82, 2.24) is 9.80 Å². The van der Waals surface area contributed by atoms with E-state index in [4.69, 9.17) is 4.74 Å². The Labute approximate surface area is 246 Å². The molecule has 42 heavy (non-hydrogen) atoms. The van der Waals surface area contributed by atoms with Gasteiger partial charge in [-0.3, -0.25) is 15.0 Å². The van der Waals surface area contributed by atoms with E-state index in [-0.39, 0.29) is 17.8 Å². The minimum absolute atomic E-state index is 0.165. The van der Waals surface area contributed by atoms with E-state index < -0.39 is 17.2 Å². The number of nitrogens with zero attached hydrogens (tertiary/aromatic N) is 3. The third-order valence-corrected chi connectivity index (χ3v) is 6.68. The zero-order chi connectivity index (χ0) is 30.7. The summed E-state index contributed by atoms with van der Waals surface area (Å²) in [6.07, 6.45) is -0.621. The Hall–Kier alpha value is -4.44. The van der Waals surface area contributed by atoms with Gasteiger partial charge in [-0.05, 0) is 95.9 Å². The van der Waals surface area contributed by atoms with E-state index >= 15 is 0 Å². The van der Waals surface area contributed by atoms with Gasteiger partial charge in [-0.25, -0.2) is 14.0 Å². The van der Waals surface area contributed by atoms with E-state index in [2.05, 4.69) is 10.6 Å². The van der Waals surface area contributed by atoms with Crippen molar-refractivity contribution >= 4 is 35.1 Å². The lowest BCUT2D eigenvalue weighted by molar-refractivity contribution is 0.0635. The molecule has 1 saturated heterocycles. The number of anilines is 3. The Balaban J connectivity index is 1.45. The van der Waals surface area contributed by atoms with E-state index in [0.717, 1.165) is 5.56 Å². The zero-order valence-corrected chi connectivity index (χ0v) is 24.9. The molecule has 2 N–H and O–H groups in total. The van der Waals surface area contributed by atoms with Crippen LogP contribution in [0, 0.1) is 5.82 Å². The fourth-order valence-electron chi connectivity index (χ4n) is 5.15. The first-order valence-electron chi connectivity index (χ1n) is 13.7. The van der Waals surface area contributed by atoms with Gasteiger partial charge in [-0.1, -0.05) is 24.3 Å². The number of hydrogen-bond acceptors (Lipinski definition) is 5. The van der Waals surface area contributed by atoms with Crippen LogP contribution in [0.2, 0.25) is 0 Å². The molecule has 1 aliphatic heterocycles. The first-order valence-corrected chi connectivity index (χ1v) is 13.7. The van der Waals surface area contributed by atoms with Crippen molar-refractivity contribution < 1.29 is 23.5 Å². The van der Waals surface area contributed by atoms with Crippen molar-refractivity contribution in [2.45, 2.75) is 45.4 Å². The van der Waals surface area contributed by atoms with Crippen LogP contribution in [-0.2, 0) is 11.3 Å². The average molecular weight is 576 g/mol. The maximum absolute atomic E-state index is 13.6. The highest BCUT2D eigenvalue weighted by molar-refractivity contribution is 6.07. The highest BCUT2D eigenvalue weighted by Gasteiger charge is 2.47. The molecule has 10 heteroatoms. The summed E-state index contributed by atoms with van der Waals surface area (Å²) in [7, 11) is 3.91. The summed E-state index contributed by atoms with van der Waals surface area (Å²) in [5.41, 5.74) is 1.58. The lowest BCUT2D eigenvalue weighted by Gasteiger charge is -2.35. The molecule has 1 heterocycles. The summed E-state index contributed by atoms with van der Waals surface area (Å²) in [5, 5.41) is 5.51. The molecule has 9 nitrogen and oxygen atoms in total. The molecule has 0 radical (unpaired) electrons. The van der Waals surface area contributed by atoms with Crippen LogP contribution >= 0.6 is 0 Å². The number of rotatable bonds is 8. The third kappa shape index (κ3) is 7.44. The Morgan fingerprint density at radius 3 is 2.12 bits per heavy atom. The molecule has 0 aromatic heterocycles. The van der Waals surface area contributed by atoms with Crippen LogP contribution in [0.15, 0.2) is 72.8 Å². The normalized spacial score (nSPS) is 17.0. The first kappa shape index (κ1) is 30.5. The summed E-state index contributed by atoms with van der Waals surface area (Å²) in [6.45, 7) is 8.79. The monoisotopic (exact) mass is 575 g/mol. The molecule has 0 aliphatic carbocycles. The molecule has 0 saturated carbocycles. The van der Waals surface area contributed by atoms with Crippen molar-refractivity contribution in [3.8, 4) is 0 Å². The van der Waals surface area contributed by atoms with Crippen LogP contribution in [0.4, 0.5) is 31.0 Å². The second-order valence-electron chi connectivity index (χ2n) is 12.0. The lowest BCUT2D eigenvalue weighted by Crippen LogP contribution is -2.51. The molecular formula is C32H38FN5O4. The Bertz CT molecular complexity index is 1440. The van der Waals surface area contributed by atoms with Gasteiger partial charge in [0.05, 0.1) is 16.9 Å². The van der Waals surface area contributed by atoms with Crippen LogP contribution in [0.1, 0.15) is 43.6 Å². The van der Waals surface area contributed by atoms with Crippen LogP contribution in [0.3, 0.4) is 0 Å². The number of ether oxygens (including phenoxy) is 1. The van der Waals surface area contributed by atoms with Crippen molar-refractivity contribution in [2.24, 2.45) is 0 Å². The minimum atomic E-state index is -0.659. The van der Waals surface area contributed by atoms with Gasteiger partial charge in [-0.2, -0.15) is 0 Å². The number of likely N-dealkylation sites (N-methyl/N-ethyl adjacent to an activating group) is 1. The minimum Gasteiger partial charge on any atom is -0.444 e. The van der Waals surface area contributed by atoms with Gasteiger partial charge in [0.2, 0.25) is 0 Å². The second-order valence-corrected chi connectivity index (χ2v) is 12.0. The Kier molecular flexibility index (Phi) is 8.86. The standard InChI is InChI=1S/C32H38FN5O4/c1-31(2,3)42-29(40)35-27-10-8-7-9-26(27)34-28(39)23-13-11-22(12-14-23)19-37-21-32(4,20-36(5)6)38(30(37)41)25-17-15-24(33)16-18-25/h7-18H,19-21H2,1-6H3,(H,34,39)(H,35,40). The van der Waals surface area contributed by atoms with Crippen LogP contribution < -0.4 is 15.5 Å². The van der Waals surface area contributed by atoms with E-state index in [0.29, 0.717) is 42.3 Å². The SMILES string of the molecule is CN(C)CC1(C)CN(Cc2ccc(C(=O)Nc3ccccc3NC(=O)OC(C)(C)C)cc2)C(=O)N1c1ccc(F)cc1. The molecule has 0 bridgehead atoms. The van der Waals surface area contributed by atoms with Crippen molar-refractivity contribution in [3.05, 3.63) is 89.7 Å². The van der Waals surface area contributed by atoms with Gasteiger partial charge >= 0.3 is 12.1 Å². The number of carbonyl (C=O) groups excluding carboxylic acids is 3. The van der Waals surface area contributed by atoms with Gasteiger partial charge in [-0.15, -0.1) is 0 Å². The molecule has 3 aromatic rings. The van der Waals surface area contributed by atoms with E-state index in [9.17, 15) is 18.8 Å². The Morgan fingerprint density at radius 1 is 0.952 bits per heavy atom. The fraction of sp³-hybridized carbons (Fsp3) is 0.344. The van der Waals surface area contributed by atoms with Gasteiger partial charge in [0.25, 0.3) is 5.91 Å². The molecular weight excluding hydrogens is 537 g/mol. The molecule has 1 aliphatic rings. The maximum Gasteiger partial charge on any atom is 0.412 e. The van der Waals surface area contributed by atoms with Gasteiger partial charge in [0, 0.05) is 30.9 Å². The van der Waals surface area contributed by atoms with E-state index in [1.54, 1.807) is 79.1 Å². The summed E-state index contributed by atoms with van der Waals surface area (Å²) in [6, 6.07) is 19.7. The predicted molar refractivity (Wildman–Crippen MR) is 162 cm³/mol. The topological polar surface area (TPSA) is 94.2 Å². The van der Waals surface area contributed by atoms with E-state index in [1.165, 1.54) is 12.1 Å². The fourth-order valence-corrected chi connectivity index (χ4v) is 5.15. The molecule has 4 amide bonds. The summed E-state index contributed by atoms with van der Waals surface area (Å²) < 4.78 is 18.9. The quantitative estimate of drug-likeness (QED) is 0.334. The maximum atomic E-state index is 13.6. The molecule has 1 unspecified atom stereocenters. The molecule has 4 rings (SSSR count). The predicted octanol–water partition coefficient (Wildman–Crippen LogP) is 6.19. The lowest BCUT2D eigenvalue weighted by atomic mass is 10.00. The molecule has 3 aromatic carbocycles. The highest BCUT2D eigenvalue weighted by Crippen LogP contribution is 2.34. The number of carbonyl (C=O) groups is 3. The first-order chi connectivity index (χ1) is 19.7. The van der Waals surface area contributed by atoms with Gasteiger partial charge < -0.3 is 19.9 Å². The second kappa shape index (κ2) is 12.2. The van der Waals surface area contributed by atoms with Crippen LogP contribution in [0.5, 0.6) is 0 Å². The van der Waals surface area contributed by atoms with Gasteiger partial charge in [0.1, 0.15) is 11.4 Å². The van der Waals surface area contributed by atoms with Gasteiger partial charge in [0.15, 0.2) is 0 Å². The summed E-state index contributed by atoms with van der Waals surface area (Å²) >= 11 is 0. The summed E-state index contributed by atoms with van der Waals surface area (Å²) in [5.74, 6) is -0.707. The molecule has 222 valence electrons.